The van der Waals surface area contributed by atoms with Crippen molar-refractivity contribution in [3.63, 3.8) is 0 Å². The first-order valence-corrected chi connectivity index (χ1v) is 12.9. The van der Waals surface area contributed by atoms with Gasteiger partial charge in [-0.25, -0.2) is 4.98 Å². The van der Waals surface area contributed by atoms with E-state index in [1.807, 2.05) is 0 Å². The van der Waals surface area contributed by atoms with E-state index in [1.54, 1.807) is 0 Å². The fourth-order valence-electron chi connectivity index (χ4n) is 4.98. The molecule has 0 unspecified atom stereocenters. The topological polar surface area (TPSA) is 27.1 Å². The number of hydrogen-bond donors (Lipinski definition) is 0. The molecule has 36 heavy (non-hydrogen) atoms. The first kappa shape index (κ1) is 23.9. The van der Waals surface area contributed by atoms with Gasteiger partial charge in [0.2, 0.25) is 0 Å². The van der Waals surface area contributed by atoms with Gasteiger partial charge in [0.1, 0.15) is 11.6 Å². The van der Waals surface area contributed by atoms with E-state index in [2.05, 4.69) is 128 Å². The van der Waals surface area contributed by atoms with Gasteiger partial charge in [0.25, 0.3) is 0 Å². The Labute approximate surface area is 214 Å². The molecule has 5 rings (SSSR count). The molecule has 3 heteroatoms. The fraction of sp³-hybridized carbons (Fsp3) is 0.242. The lowest BCUT2D eigenvalue weighted by atomic mass is 9.90. The summed E-state index contributed by atoms with van der Waals surface area (Å²) >= 11 is 0. The SMILES string of the molecule is Cc1ccc(C(C)C)c(OCCCn2c(C(c3ccccc3)c3ccccc3)nc3ccccc32)c1. The molecule has 0 amide bonds. The second-order valence-corrected chi connectivity index (χ2v) is 9.76. The molecular formula is C33H34N2O. The number of rotatable bonds is 9. The first-order chi connectivity index (χ1) is 17.6. The zero-order valence-electron chi connectivity index (χ0n) is 21.4. The molecule has 0 atom stereocenters. The second-order valence-electron chi connectivity index (χ2n) is 9.76. The van der Waals surface area contributed by atoms with Gasteiger partial charge in [0.05, 0.1) is 23.6 Å². The number of ether oxygens (including phenoxy) is 1. The highest BCUT2D eigenvalue weighted by atomic mass is 16.5. The van der Waals surface area contributed by atoms with Crippen molar-refractivity contribution >= 4 is 11.0 Å². The first-order valence-electron chi connectivity index (χ1n) is 12.9. The fourth-order valence-corrected chi connectivity index (χ4v) is 4.98. The van der Waals surface area contributed by atoms with Crippen LogP contribution in [0.2, 0.25) is 0 Å². The van der Waals surface area contributed by atoms with Crippen LogP contribution in [0.4, 0.5) is 0 Å². The lowest BCUT2D eigenvalue weighted by molar-refractivity contribution is 0.297. The number of para-hydroxylation sites is 2. The van der Waals surface area contributed by atoms with E-state index in [9.17, 15) is 0 Å². The average Bonchev–Trinajstić information content (AvgIpc) is 3.26. The largest absolute Gasteiger partial charge is 0.493 e. The predicted molar refractivity (Wildman–Crippen MR) is 149 cm³/mol. The zero-order chi connectivity index (χ0) is 24.9. The number of nitrogens with zero attached hydrogens (tertiary/aromatic N) is 2. The van der Waals surface area contributed by atoms with Crippen LogP contribution < -0.4 is 4.74 Å². The molecule has 0 radical (unpaired) electrons. The molecule has 5 aromatic rings. The molecule has 0 aliphatic rings. The summed E-state index contributed by atoms with van der Waals surface area (Å²) in [4.78, 5) is 5.17. The molecule has 182 valence electrons. The van der Waals surface area contributed by atoms with E-state index in [0.717, 1.165) is 30.1 Å². The number of imidazole rings is 1. The normalized spacial score (nSPS) is 11.5. The van der Waals surface area contributed by atoms with Gasteiger partial charge < -0.3 is 9.30 Å². The van der Waals surface area contributed by atoms with Crippen molar-refractivity contribution in [1.29, 1.82) is 0 Å². The maximum absolute atomic E-state index is 6.33. The van der Waals surface area contributed by atoms with E-state index >= 15 is 0 Å². The molecule has 3 nitrogen and oxygen atoms in total. The number of fused-ring (bicyclic) bond motifs is 1. The van der Waals surface area contributed by atoms with E-state index in [-0.39, 0.29) is 5.92 Å². The Hall–Kier alpha value is -3.85. The Morgan fingerprint density at radius 2 is 1.42 bits per heavy atom. The van der Waals surface area contributed by atoms with Crippen LogP contribution in [-0.4, -0.2) is 16.2 Å². The van der Waals surface area contributed by atoms with Gasteiger partial charge in [-0.15, -0.1) is 0 Å². The molecule has 0 saturated carbocycles. The minimum absolute atomic E-state index is 0.0602. The highest BCUT2D eigenvalue weighted by Gasteiger charge is 2.23. The van der Waals surface area contributed by atoms with Gasteiger partial charge in [-0.1, -0.05) is 98.8 Å². The molecule has 0 saturated heterocycles. The monoisotopic (exact) mass is 474 g/mol. The summed E-state index contributed by atoms with van der Waals surface area (Å²) < 4.78 is 8.72. The summed E-state index contributed by atoms with van der Waals surface area (Å²) in [5.74, 6) is 2.58. The van der Waals surface area contributed by atoms with Crippen LogP contribution in [0.1, 0.15) is 60.2 Å². The molecule has 1 aromatic heterocycles. The maximum Gasteiger partial charge on any atom is 0.123 e. The van der Waals surface area contributed by atoms with Crippen molar-refractivity contribution in [1.82, 2.24) is 9.55 Å². The minimum atomic E-state index is 0.0602. The van der Waals surface area contributed by atoms with E-state index < -0.39 is 0 Å². The summed E-state index contributed by atoms with van der Waals surface area (Å²) in [7, 11) is 0. The summed E-state index contributed by atoms with van der Waals surface area (Å²) in [5.41, 5.74) is 7.19. The zero-order valence-corrected chi connectivity index (χ0v) is 21.4. The lowest BCUT2D eigenvalue weighted by Gasteiger charge is -2.20. The Kier molecular flexibility index (Phi) is 7.18. The highest BCUT2D eigenvalue weighted by Crippen LogP contribution is 2.34. The van der Waals surface area contributed by atoms with Crippen LogP contribution in [0.25, 0.3) is 11.0 Å². The van der Waals surface area contributed by atoms with Crippen LogP contribution in [0.15, 0.2) is 103 Å². The molecule has 0 aliphatic carbocycles. The number of aromatic nitrogens is 2. The number of aryl methyl sites for hydroxylation is 2. The highest BCUT2D eigenvalue weighted by molar-refractivity contribution is 5.76. The van der Waals surface area contributed by atoms with Crippen LogP contribution in [0.5, 0.6) is 5.75 Å². The van der Waals surface area contributed by atoms with Gasteiger partial charge in [-0.2, -0.15) is 0 Å². The molecule has 1 heterocycles. The lowest BCUT2D eigenvalue weighted by Crippen LogP contribution is -2.14. The molecule has 0 aliphatic heterocycles. The van der Waals surface area contributed by atoms with Crippen LogP contribution in [0, 0.1) is 6.92 Å². The average molecular weight is 475 g/mol. The molecular weight excluding hydrogens is 440 g/mol. The molecule has 0 N–H and O–H groups in total. The summed E-state index contributed by atoms with van der Waals surface area (Å²) in [6.07, 6.45) is 0.898. The maximum atomic E-state index is 6.33. The molecule has 0 fully saturated rings. The van der Waals surface area contributed by atoms with Crippen molar-refractivity contribution in [2.75, 3.05) is 6.61 Å². The van der Waals surface area contributed by atoms with Gasteiger partial charge >= 0.3 is 0 Å². The van der Waals surface area contributed by atoms with Gasteiger partial charge in [-0.3, -0.25) is 0 Å². The third kappa shape index (κ3) is 5.06. The smallest absolute Gasteiger partial charge is 0.123 e. The third-order valence-corrected chi connectivity index (χ3v) is 6.78. The van der Waals surface area contributed by atoms with Crippen LogP contribution >= 0.6 is 0 Å². The van der Waals surface area contributed by atoms with Gasteiger partial charge in [0.15, 0.2) is 0 Å². The van der Waals surface area contributed by atoms with E-state index in [0.29, 0.717) is 12.5 Å². The van der Waals surface area contributed by atoms with Crippen molar-refractivity contribution in [3.8, 4) is 5.75 Å². The van der Waals surface area contributed by atoms with Crippen molar-refractivity contribution in [3.05, 3.63) is 131 Å². The van der Waals surface area contributed by atoms with Crippen LogP contribution in [-0.2, 0) is 6.54 Å². The van der Waals surface area contributed by atoms with Crippen LogP contribution in [0.3, 0.4) is 0 Å². The molecule has 0 bridgehead atoms. The third-order valence-electron chi connectivity index (χ3n) is 6.78. The Bertz CT molecular complexity index is 1380. The Balaban J connectivity index is 1.46. The van der Waals surface area contributed by atoms with Crippen molar-refractivity contribution in [2.45, 2.75) is 45.6 Å². The Morgan fingerprint density at radius 1 is 0.778 bits per heavy atom. The summed E-state index contributed by atoms with van der Waals surface area (Å²) in [5, 5.41) is 0. The number of hydrogen-bond acceptors (Lipinski definition) is 2. The number of benzene rings is 4. The minimum Gasteiger partial charge on any atom is -0.493 e. The standard InChI is InChI=1S/C33H34N2O/c1-24(2)28-20-19-25(3)23-31(28)36-22-12-21-35-30-18-11-10-17-29(30)34-33(35)32(26-13-6-4-7-14-26)27-15-8-5-9-16-27/h4-11,13-20,23-24,32H,12,21-22H2,1-3H3. The Morgan fingerprint density at radius 3 is 2.08 bits per heavy atom. The van der Waals surface area contributed by atoms with Gasteiger partial charge in [-0.05, 0) is 59.7 Å². The second kappa shape index (κ2) is 10.8. The predicted octanol–water partition coefficient (Wildman–Crippen LogP) is 8.12. The summed E-state index contributed by atoms with van der Waals surface area (Å²) in [6, 6.07) is 36.4. The van der Waals surface area contributed by atoms with E-state index in [1.165, 1.54) is 27.8 Å². The van der Waals surface area contributed by atoms with Gasteiger partial charge in [0, 0.05) is 6.54 Å². The molecule has 4 aromatic carbocycles. The van der Waals surface area contributed by atoms with Crippen molar-refractivity contribution < 1.29 is 4.74 Å². The summed E-state index contributed by atoms with van der Waals surface area (Å²) in [6.45, 7) is 8.06. The molecule has 0 spiro atoms. The van der Waals surface area contributed by atoms with E-state index in [4.69, 9.17) is 9.72 Å². The van der Waals surface area contributed by atoms with Crippen molar-refractivity contribution in [2.24, 2.45) is 0 Å². The quantitative estimate of drug-likeness (QED) is 0.202.